The fourth-order valence-electron chi connectivity index (χ4n) is 2.02. The summed E-state index contributed by atoms with van der Waals surface area (Å²) in [5, 5.41) is 1.95. The van der Waals surface area contributed by atoms with Gasteiger partial charge in [-0.25, -0.2) is 13.1 Å². The molecule has 6 heteroatoms. The summed E-state index contributed by atoms with van der Waals surface area (Å²) in [6.07, 6.45) is 1.28. The molecule has 0 aliphatic heterocycles. The van der Waals surface area contributed by atoms with Crippen molar-refractivity contribution in [3.05, 3.63) is 58.3 Å². The summed E-state index contributed by atoms with van der Waals surface area (Å²) in [4.78, 5) is 0.988. The first kappa shape index (κ1) is 16.5. The molecule has 0 saturated carbocycles. The van der Waals surface area contributed by atoms with Gasteiger partial charge in [-0.15, -0.1) is 22.9 Å². The van der Waals surface area contributed by atoms with Crippen LogP contribution in [0.15, 0.2) is 47.8 Å². The Morgan fingerprint density at radius 3 is 2.48 bits per heavy atom. The van der Waals surface area contributed by atoms with Gasteiger partial charge in [-0.3, -0.25) is 0 Å². The van der Waals surface area contributed by atoms with Crippen LogP contribution in [0.4, 0.5) is 0 Å². The first-order chi connectivity index (χ1) is 10.1. The van der Waals surface area contributed by atoms with Gasteiger partial charge in [-0.2, -0.15) is 0 Å². The monoisotopic (exact) mass is 343 g/mol. The van der Waals surface area contributed by atoms with E-state index in [1.165, 1.54) is 0 Å². The average molecular weight is 344 g/mol. The van der Waals surface area contributed by atoms with Crippen molar-refractivity contribution < 1.29 is 8.42 Å². The summed E-state index contributed by atoms with van der Waals surface area (Å²) in [5.41, 5.74) is 0.945. The van der Waals surface area contributed by atoms with E-state index in [1.807, 2.05) is 47.8 Å². The highest BCUT2D eigenvalue weighted by Crippen LogP contribution is 2.26. The number of thiophene rings is 1. The third kappa shape index (κ3) is 5.11. The average Bonchev–Trinajstić information content (AvgIpc) is 3.00. The normalized spacial score (nSPS) is 13.2. The number of nitrogens with one attached hydrogen (secondary N) is 1. The van der Waals surface area contributed by atoms with E-state index in [0.717, 1.165) is 10.4 Å². The van der Waals surface area contributed by atoms with Crippen molar-refractivity contribution in [3.63, 3.8) is 0 Å². The Hall–Kier alpha value is -0.880. The molecule has 0 radical (unpaired) electrons. The molecule has 3 nitrogen and oxygen atoms in total. The van der Waals surface area contributed by atoms with E-state index in [1.54, 1.807) is 11.3 Å². The minimum atomic E-state index is -3.33. The van der Waals surface area contributed by atoms with E-state index < -0.39 is 10.0 Å². The summed E-state index contributed by atoms with van der Waals surface area (Å²) in [6, 6.07) is 13.2. The Kier molecular flexibility index (Phi) is 6.23. The number of unbranched alkanes of at least 4 members (excludes halogenated alkanes) is 1. The zero-order valence-electron chi connectivity index (χ0n) is 11.5. The van der Waals surface area contributed by atoms with Crippen LogP contribution in [-0.4, -0.2) is 20.1 Å². The predicted molar refractivity (Wildman–Crippen MR) is 89.5 cm³/mol. The third-order valence-corrected chi connectivity index (χ3v) is 5.68. The van der Waals surface area contributed by atoms with Crippen LogP contribution in [0.2, 0.25) is 0 Å². The first-order valence-electron chi connectivity index (χ1n) is 6.77. The molecule has 114 valence electrons. The molecule has 2 rings (SSSR count). The second-order valence-corrected chi connectivity index (χ2v) is 7.92. The maximum Gasteiger partial charge on any atom is 0.212 e. The van der Waals surface area contributed by atoms with Crippen LogP contribution in [0.3, 0.4) is 0 Å². The topological polar surface area (TPSA) is 46.2 Å². The van der Waals surface area contributed by atoms with Crippen molar-refractivity contribution in [3.8, 4) is 0 Å². The highest BCUT2D eigenvalue weighted by molar-refractivity contribution is 7.89. The molecule has 0 fully saturated rings. The second-order valence-electron chi connectivity index (χ2n) is 4.69. The van der Waals surface area contributed by atoms with E-state index in [4.69, 9.17) is 11.6 Å². The van der Waals surface area contributed by atoms with Crippen LogP contribution in [-0.2, 0) is 10.0 Å². The first-order valence-corrected chi connectivity index (χ1v) is 9.83. The highest BCUT2D eigenvalue weighted by Gasteiger charge is 2.21. The minimum Gasteiger partial charge on any atom is -0.212 e. The number of hydrogen-bond donors (Lipinski definition) is 1. The molecule has 0 bridgehead atoms. The van der Waals surface area contributed by atoms with Gasteiger partial charge in [0.15, 0.2) is 0 Å². The number of alkyl halides is 1. The Morgan fingerprint density at radius 1 is 1.10 bits per heavy atom. The molecule has 0 aliphatic carbocycles. The van der Waals surface area contributed by atoms with Gasteiger partial charge in [0.25, 0.3) is 0 Å². The molecule has 1 aromatic carbocycles. The maximum atomic E-state index is 12.2. The standard InChI is InChI=1S/C15H18ClNO2S2/c16-10-4-5-12-21(18,19)17-15(14-9-6-11-20-14)13-7-2-1-3-8-13/h1-3,6-9,11,15,17H,4-5,10,12H2. The van der Waals surface area contributed by atoms with Gasteiger partial charge in [0.05, 0.1) is 11.8 Å². The minimum absolute atomic E-state index is 0.106. The summed E-state index contributed by atoms with van der Waals surface area (Å²) < 4.78 is 27.3. The lowest BCUT2D eigenvalue weighted by Gasteiger charge is -2.18. The number of rotatable bonds is 8. The summed E-state index contributed by atoms with van der Waals surface area (Å²) in [6.45, 7) is 0. The molecule has 0 aliphatic rings. The molecule has 21 heavy (non-hydrogen) atoms. The molecule has 0 amide bonds. The lowest BCUT2D eigenvalue weighted by molar-refractivity contribution is 0.570. The van der Waals surface area contributed by atoms with Gasteiger partial charge in [0, 0.05) is 10.8 Å². The fourth-order valence-corrected chi connectivity index (χ4v) is 4.41. The van der Waals surface area contributed by atoms with Crippen molar-refractivity contribution in [2.75, 3.05) is 11.6 Å². The van der Waals surface area contributed by atoms with Gasteiger partial charge in [0.2, 0.25) is 10.0 Å². The van der Waals surface area contributed by atoms with E-state index in [2.05, 4.69) is 4.72 Å². The molecule has 1 aromatic heterocycles. The van der Waals surface area contributed by atoms with Gasteiger partial charge in [0.1, 0.15) is 0 Å². The Morgan fingerprint density at radius 2 is 1.86 bits per heavy atom. The van der Waals surface area contributed by atoms with E-state index in [-0.39, 0.29) is 11.8 Å². The van der Waals surface area contributed by atoms with Crippen molar-refractivity contribution in [2.24, 2.45) is 0 Å². The van der Waals surface area contributed by atoms with Crippen molar-refractivity contribution in [2.45, 2.75) is 18.9 Å². The molecular weight excluding hydrogens is 326 g/mol. The SMILES string of the molecule is O=S(=O)(CCCCCl)NC(c1ccccc1)c1cccs1. The number of sulfonamides is 1. The number of hydrogen-bond acceptors (Lipinski definition) is 3. The van der Waals surface area contributed by atoms with Crippen LogP contribution in [0.1, 0.15) is 29.3 Å². The van der Waals surface area contributed by atoms with Crippen LogP contribution < -0.4 is 4.72 Å². The van der Waals surface area contributed by atoms with Gasteiger partial charge < -0.3 is 0 Å². The van der Waals surface area contributed by atoms with E-state index >= 15 is 0 Å². The zero-order valence-corrected chi connectivity index (χ0v) is 13.9. The lowest BCUT2D eigenvalue weighted by Crippen LogP contribution is -2.31. The van der Waals surface area contributed by atoms with Crippen LogP contribution in [0, 0.1) is 0 Å². The third-order valence-electron chi connectivity index (χ3n) is 3.05. The van der Waals surface area contributed by atoms with Crippen LogP contribution in [0.5, 0.6) is 0 Å². The molecule has 1 atom stereocenters. The molecule has 1 heterocycles. The molecule has 0 spiro atoms. The Bertz CT molecular complexity index is 627. The number of halogens is 1. The predicted octanol–water partition coefficient (Wildman–Crippen LogP) is 3.78. The van der Waals surface area contributed by atoms with Gasteiger partial charge in [-0.1, -0.05) is 36.4 Å². The molecular formula is C15H18ClNO2S2. The summed E-state index contributed by atoms with van der Waals surface area (Å²) >= 11 is 7.15. The molecule has 1 unspecified atom stereocenters. The van der Waals surface area contributed by atoms with E-state index in [0.29, 0.717) is 18.7 Å². The largest absolute Gasteiger partial charge is 0.212 e. The van der Waals surface area contributed by atoms with Crippen LogP contribution in [0.25, 0.3) is 0 Å². The van der Waals surface area contributed by atoms with Crippen molar-refractivity contribution in [1.82, 2.24) is 4.72 Å². The van der Waals surface area contributed by atoms with Crippen LogP contribution >= 0.6 is 22.9 Å². The van der Waals surface area contributed by atoms with E-state index in [9.17, 15) is 8.42 Å². The lowest BCUT2D eigenvalue weighted by atomic mass is 10.1. The maximum absolute atomic E-state index is 12.2. The smallest absolute Gasteiger partial charge is 0.212 e. The molecule has 0 saturated heterocycles. The van der Waals surface area contributed by atoms with Crippen molar-refractivity contribution >= 4 is 33.0 Å². The zero-order chi connectivity index (χ0) is 15.1. The van der Waals surface area contributed by atoms with Gasteiger partial charge in [-0.05, 0) is 29.9 Å². The fraction of sp³-hybridized carbons (Fsp3) is 0.333. The van der Waals surface area contributed by atoms with Gasteiger partial charge >= 0.3 is 0 Å². The van der Waals surface area contributed by atoms with Crippen molar-refractivity contribution in [1.29, 1.82) is 0 Å². The highest BCUT2D eigenvalue weighted by atomic mass is 35.5. The Balaban J connectivity index is 2.18. The quantitative estimate of drug-likeness (QED) is 0.585. The number of benzene rings is 1. The summed E-state index contributed by atoms with van der Waals surface area (Å²) in [5.74, 6) is 0.594. The molecule has 2 aromatic rings. The molecule has 1 N–H and O–H groups in total. The Labute approximate surface area is 135 Å². The second kappa shape index (κ2) is 7.94. The summed E-state index contributed by atoms with van der Waals surface area (Å²) in [7, 11) is -3.33.